The summed E-state index contributed by atoms with van der Waals surface area (Å²) in [4.78, 5) is 42.0. The number of carbonyl (C=O) groups excluding carboxylic acids is 2. The third-order valence-electron chi connectivity index (χ3n) is 5.72. The third kappa shape index (κ3) is 3.27. The van der Waals surface area contributed by atoms with Gasteiger partial charge in [0.2, 0.25) is 11.8 Å². The molecule has 3 aliphatic heterocycles. The maximum atomic E-state index is 12.7. The molecule has 0 aromatic rings. The molecule has 0 bridgehead atoms. The van der Waals surface area contributed by atoms with Crippen molar-refractivity contribution >= 4 is 17.8 Å². The van der Waals surface area contributed by atoms with Gasteiger partial charge >= 0.3 is 5.97 Å². The van der Waals surface area contributed by atoms with Gasteiger partial charge in [0.1, 0.15) is 6.04 Å². The molecule has 3 saturated heterocycles. The van der Waals surface area contributed by atoms with Crippen LogP contribution in [0.1, 0.15) is 39.0 Å². The number of hydrogen-bond donors (Lipinski definition) is 1. The lowest BCUT2D eigenvalue weighted by Gasteiger charge is -2.28. The highest BCUT2D eigenvalue weighted by Gasteiger charge is 2.42. The number of carboxylic acids is 1. The Balaban J connectivity index is 1.60. The minimum Gasteiger partial charge on any atom is -0.480 e. The number of likely N-dealkylation sites (tertiary alicyclic amines) is 3. The maximum Gasteiger partial charge on any atom is 0.326 e. The van der Waals surface area contributed by atoms with Crippen molar-refractivity contribution in [3.63, 3.8) is 0 Å². The second-order valence-electron chi connectivity index (χ2n) is 7.15. The van der Waals surface area contributed by atoms with E-state index >= 15 is 0 Å². The summed E-state index contributed by atoms with van der Waals surface area (Å²) in [6, 6.07) is -0.321. The topological polar surface area (TPSA) is 81.2 Å². The van der Waals surface area contributed by atoms with Crippen molar-refractivity contribution in [1.82, 2.24) is 14.7 Å². The Bertz CT molecular complexity index is 524. The predicted molar refractivity (Wildman–Crippen MR) is 87.3 cm³/mol. The SMILES string of the molecule is CCN1CCCC1CN1CC(C(=O)N2CCC[C@@H]2C(=O)O)CC1=O. The van der Waals surface area contributed by atoms with Gasteiger partial charge < -0.3 is 14.9 Å². The van der Waals surface area contributed by atoms with Crippen molar-refractivity contribution < 1.29 is 19.5 Å². The smallest absolute Gasteiger partial charge is 0.326 e. The Morgan fingerprint density at radius 3 is 2.67 bits per heavy atom. The van der Waals surface area contributed by atoms with Gasteiger partial charge in [0.05, 0.1) is 5.92 Å². The van der Waals surface area contributed by atoms with Crippen LogP contribution in [-0.2, 0) is 14.4 Å². The van der Waals surface area contributed by atoms with Crippen LogP contribution in [0.3, 0.4) is 0 Å². The van der Waals surface area contributed by atoms with E-state index in [9.17, 15) is 19.5 Å². The molecular formula is C17H27N3O4. The fourth-order valence-corrected chi connectivity index (χ4v) is 4.41. The van der Waals surface area contributed by atoms with Gasteiger partial charge in [-0.15, -0.1) is 0 Å². The number of nitrogens with zero attached hydrogens (tertiary/aromatic N) is 3. The van der Waals surface area contributed by atoms with E-state index in [4.69, 9.17) is 0 Å². The summed E-state index contributed by atoms with van der Waals surface area (Å²) in [7, 11) is 0. The molecule has 0 saturated carbocycles. The number of aliphatic carboxylic acids is 1. The first-order valence-corrected chi connectivity index (χ1v) is 9.06. The molecule has 134 valence electrons. The summed E-state index contributed by atoms with van der Waals surface area (Å²) in [6.07, 6.45) is 3.72. The fourth-order valence-electron chi connectivity index (χ4n) is 4.41. The van der Waals surface area contributed by atoms with E-state index < -0.39 is 12.0 Å². The van der Waals surface area contributed by atoms with Crippen LogP contribution in [0, 0.1) is 5.92 Å². The molecule has 2 amide bonds. The first-order valence-electron chi connectivity index (χ1n) is 9.06. The molecule has 0 aromatic carbocycles. The van der Waals surface area contributed by atoms with Crippen LogP contribution in [0.2, 0.25) is 0 Å². The van der Waals surface area contributed by atoms with Crippen molar-refractivity contribution in [2.24, 2.45) is 5.92 Å². The molecule has 7 heteroatoms. The molecule has 3 atom stereocenters. The van der Waals surface area contributed by atoms with Gasteiger partial charge in [-0.3, -0.25) is 14.5 Å². The highest BCUT2D eigenvalue weighted by atomic mass is 16.4. The monoisotopic (exact) mass is 337 g/mol. The Labute approximate surface area is 142 Å². The number of carbonyl (C=O) groups is 3. The third-order valence-corrected chi connectivity index (χ3v) is 5.72. The highest BCUT2D eigenvalue weighted by Crippen LogP contribution is 2.27. The number of carboxylic acid groups (broad SMARTS) is 1. The standard InChI is InChI=1S/C17H27N3O4/c1-2-18-7-3-5-13(18)11-19-10-12(9-15(19)21)16(22)20-8-4-6-14(20)17(23)24/h12-14H,2-11H2,1H3,(H,23,24)/t12?,13?,14-/m1/s1. The molecule has 0 radical (unpaired) electrons. The Kier molecular flexibility index (Phi) is 5.08. The zero-order chi connectivity index (χ0) is 17.3. The van der Waals surface area contributed by atoms with E-state index in [0.717, 1.165) is 32.4 Å². The number of rotatable bonds is 5. The number of hydrogen-bond acceptors (Lipinski definition) is 4. The predicted octanol–water partition coefficient (Wildman–Crippen LogP) is 0.395. The summed E-state index contributed by atoms with van der Waals surface area (Å²) in [5, 5.41) is 9.25. The largest absolute Gasteiger partial charge is 0.480 e. The summed E-state index contributed by atoms with van der Waals surface area (Å²) in [6.45, 7) is 5.83. The second kappa shape index (κ2) is 7.09. The molecule has 7 nitrogen and oxygen atoms in total. The Hall–Kier alpha value is -1.63. The lowest BCUT2D eigenvalue weighted by molar-refractivity contribution is -0.149. The van der Waals surface area contributed by atoms with Gasteiger partial charge in [-0.2, -0.15) is 0 Å². The first kappa shape index (κ1) is 17.2. The average Bonchev–Trinajstić information content (AvgIpc) is 3.27. The summed E-state index contributed by atoms with van der Waals surface area (Å²) < 4.78 is 0. The van der Waals surface area contributed by atoms with Crippen LogP contribution in [-0.4, -0.2) is 82.4 Å². The molecular weight excluding hydrogens is 310 g/mol. The lowest BCUT2D eigenvalue weighted by Crippen LogP contribution is -2.45. The molecule has 3 heterocycles. The molecule has 24 heavy (non-hydrogen) atoms. The van der Waals surface area contributed by atoms with Crippen LogP contribution in [0.4, 0.5) is 0 Å². The quantitative estimate of drug-likeness (QED) is 0.785. The van der Waals surface area contributed by atoms with E-state index in [1.807, 2.05) is 4.90 Å². The number of amides is 2. The molecule has 0 aromatic heterocycles. The molecule has 0 aliphatic carbocycles. The van der Waals surface area contributed by atoms with Crippen LogP contribution in [0.25, 0.3) is 0 Å². The lowest BCUT2D eigenvalue weighted by atomic mass is 10.1. The average molecular weight is 337 g/mol. The minimum absolute atomic E-state index is 0.0300. The minimum atomic E-state index is -0.938. The van der Waals surface area contributed by atoms with Crippen molar-refractivity contribution in [2.75, 3.05) is 32.7 Å². The molecule has 1 N–H and O–H groups in total. The molecule has 3 rings (SSSR count). The van der Waals surface area contributed by atoms with Crippen LogP contribution in [0.15, 0.2) is 0 Å². The van der Waals surface area contributed by atoms with Crippen molar-refractivity contribution in [3.05, 3.63) is 0 Å². The van der Waals surface area contributed by atoms with Crippen molar-refractivity contribution in [2.45, 2.75) is 51.1 Å². The van der Waals surface area contributed by atoms with Gasteiger partial charge in [0, 0.05) is 32.1 Å². The molecule has 3 fully saturated rings. The Morgan fingerprint density at radius 2 is 1.96 bits per heavy atom. The highest BCUT2D eigenvalue weighted by molar-refractivity contribution is 5.91. The normalized spacial score (nSPS) is 31.2. The molecule has 3 aliphatic rings. The van der Waals surface area contributed by atoms with E-state index in [1.165, 1.54) is 4.90 Å². The van der Waals surface area contributed by atoms with Crippen molar-refractivity contribution in [3.8, 4) is 0 Å². The van der Waals surface area contributed by atoms with E-state index in [2.05, 4.69) is 11.8 Å². The van der Waals surface area contributed by atoms with E-state index in [1.54, 1.807) is 0 Å². The van der Waals surface area contributed by atoms with Gasteiger partial charge in [-0.1, -0.05) is 6.92 Å². The van der Waals surface area contributed by atoms with E-state index in [0.29, 0.717) is 32.1 Å². The van der Waals surface area contributed by atoms with Crippen LogP contribution < -0.4 is 0 Å². The maximum absolute atomic E-state index is 12.7. The van der Waals surface area contributed by atoms with Gasteiger partial charge in [-0.25, -0.2) is 4.79 Å². The molecule has 0 spiro atoms. The number of likely N-dealkylation sites (N-methyl/N-ethyl adjacent to an activating group) is 1. The second-order valence-corrected chi connectivity index (χ2v) is 7.15. The summed E-state index contributed by atoms with van der Waals surface area (Å²) in [5.74, 6) is -1.45. The summed E-state index contributed by atoms with van der Waals surface area (Å²) in [5.41, 5.74) is 0. The zero-order valence-corrected chi connectivity index (χ0v) is 14.3. The molecule has 2 unspecified atom stereocenters. The van der Waals surface area contributed by atoms with Gasteiger partial charge in [-0.05, 0) is 38.8 Å². The van der Waals surface area contributed by atoms with Crippen LogP contribution >= 0.6 is 0 Å². The zero-order valence-electron chi connectivity index (χ0n) is 14.3. The Morgan fingerprint density at radius 1 is 1.21 bits per heavy atom. The van der Waals surface area contributed by atoms with Crippen molar-refractivity contribution in [1.29, 1.82) is 0 Å². The first-order chi connectivity index (χ1) is 11.5. The van der Waals surface area contributed by atoms with Gasteiger partial charge in [0.15, 0.2) is 0 Å². The van der Waals surface area contributed by atoms with Crippen LogP contribution in [0.5, 0.6) is 0 Å². The van der Waals surface area contributed by atoms with Gasteiger partial charge in [0.25, 0.3) is 0 Å². The fraction of sp³-hybridized carbons (Fsp3) is 0.824. The summed E-state index contributed by atoms with van der Waals surface area (Å²) >= 11 is 0. The van der Waals surface area contributed by atoms with E-state index in [-0.39, 0.29) is 24.2 Å².